The fourth-order valence-corrected chi connectivity index (χ4v) is 3.43. The van der Waals surface area contributed by atoms with Gasteiger partial charge in [-0.3, -0.25) is 0 Å². The molecule has 0 aliphatic rings. The van der Waals surface area contributed by atoms with Crippen LogP contribution in [0.5, 0.6) is 0 Å². The van der Waals surface area contributed by atoms with Gasteiger partial charge in [0, 0.05) is 44.6 Å². The number of H-pyrrole nitrogens is 1. The third-order valence-corrected chi connectivity index (χ3v) is 4.72. The predicted molar refractivity (Wildman–Crippen MR) is 115 cm³/mol. The van der Waals surface area contributed by atoms with Crippen molar-refractivity contribution in [2.24, 2.45) is 0 Å². The van der Waals surface area contributed by atoms with E-state index in [4.69, 9.17) is 0 Å². The van der Waals surface area contributed by atoms with Gasteiger partial charge in [-0.15, -0.1) is 0 Å². The minimum Gasteiger partial charge on any atom is -0.356 e. The molecule has 3 nitrogen and oxygen atoms in total. The summed E-state index contributed by atoms with van der Waals surface area (Å²) < 4.78 is 0. The Morgan fingerprint density at radius 1 is 0.444 bits per heavy atom. The number of nitrogens with one attached hydrogen (secondary N) is 3. The van der Waals surface area contributed by atoms with Crippen LogP contribution in [0.2, 0.25) is 0 Å². The fourth-order valence-electron chi connectivity index (χ4n) is 3.43. The first-order valence-corrected chi connectivity index (χ1v) is 9.05. The van der Waals surface area contributed by atoms with Crippen molar-refractivity contribution in [3.63, 3.8) is 0 Å². The number of benzene rings is 4. The Morgan fingerprint density at radius 2 is 0.889 bits per heavy atom. The number of para-hydroxylation sites is 2. The molecule has 3 N–H and O–H groups in total. The second-order valence-electron chi connectivity index (χ2n) is 6.63. The van der Waals surface area contributed by atoms with E-state index in [0.29, 0.717) is 0 Å². The van der Waals surface area contributed by atoms with Crippen molar-refractivity contribution in [2.75, 3.05) is 10.6 Å². The molecule has 0 spiro atoms. The molecule has 0 aliphatic carbocycles. The molecule has 130 valence electrons. The normalized spacial score (nSPS) is 11.0. The van der Waals surface area contributed by atoms with Crippen LogP contribution in [0.1, 0.15) is 0 Å². The average Bonchev–Trinajstić information content (AvgIpc) is 3.07. The minimum atomic E-state index is 1.08. The monoisotopic (exact) mass is 349 g/mol. The van der Waals surface area contributed by atoms with Gasteiger partial charge in [0.2, 0.25) is 0 Å². The molecule has 5 rings (SSSR count). The van der Waals surface area contributed by atoms with Crippen LogP contribution in [0.25, 0.3) is 21.8 Å². The van der Waals surface area contributed by atoms with Crippen molar-refractivity contribution in [1.29, 1.82) is 0 Å². The van der Waals surface area contributed by atoms with Gasteiger partial charge >= 0.3 is 0 Å². The third-order valence-electron chi connectivity index (χ3n) is 4.72. The summed E-state index contributed by atoms with van der Waals surface area (Å²) in [6, 6.07) is 33.3. The third kappa shape index (κ3) is 3.11. The van der Waals surface area contributed by atoms with E-state index in [2.05, 4.69) is 76.3 Å². The molecule has 0 amide bonds. The van der Waals surface area contributed by atoms with Crippen molar-refractivity contribution in [3.05, 3.63) is 97.1 Å². The molecule has 0 aliphatic heterocycles. The summed E-state index contributed by atoms with van der Waals surface area (Å²) in [6.45, 7) is 0. The van der Waals surface area contributed by atoms with E-state index in [1.54, 1.807) is 0 Å². The highest BCUT2D eigenvalue weighted by Crippen LogP contribution is 2.31. The van der Waals surface area contributed by atoms with Crippen LogP contribution < -0.4 is 10.6 Å². The first-order valence-electron chi connectivity index (χ1n) is 9.05. The molecule has 0 atom stereocenters. The number of aromatic nitrogens is 1. The lowest BCUT2D eigenvalue weighted by Gasteiger charge is -2.07. The minimum absolute atomic E-state index is 1.08. The number of hydrogen-bond acceptors (Lipinski definition) is 2. The molecule has 0 saturated carbocycles. The Labute approximate surface area is 157 Å². The van der Waals surface area contributed by atoms with Crippen LogP contribution in [0.15, 0.2) is 97.1 Å². The number of fused-ring (bicyclic) bond motifs is 3. The zero-order valence-electron chi connectivity index (χ0n) is 14.7. The van der Waals surface area contributed by atoms with Gasteiger partial charge in [0.25, 0.3) is 0 Å². The number of aromatic amines is 1. The Kier molecular flexibility index (Phi) is 3.76. The largest absolute Gasteiger partial charge is 0.356 e. The maximum atomic E-state index is 3.50. The van der Waals surface area contributed by atoms with Crippen LogP contribution in [0.3, 0.4) is 0 Å². The van der Waals surface area contributed by atoms with E-state index in [1.807, 2.05) is 36.4 Å². The van der Waals surface area contributed by atoms with Gasteiger partial charge in [-0.05, 0) is 60.7 Å². The predicted octanol–water partition coefficient (Wildman–Crippen LogP) is 6.81. The van der Waals surface area contributed by atoms with Crippen molar-refractivity contribution in [1.82, 2.24) is 4.98 Å². The molecular weight excluding hydrogens is 330 g/mol. The van der Waals surface area contributed by atoms with E-state index < -0.39 is 0 Å². The van der Waals surface area contributed by atoms with Crippen molar-refractivity contribution in [2.45, 2.75) is 0 Å². The number of rotatable bonds is 4. The quantitative estimate of drug-likeness (QED) is 0.333. The van der Waals surface area contributed by atoms with Gasteiger partial charge in [-0.2, -0.15) is 0 Å². The Balaban J connectivity index is 1.54. The summed E-state index contributed by atoms with van der Waals surface area (Å²) in [5.74, 6) is 0. The molecule has 27 heavy (non-hydrogen) atoms. The van der Waals surface area contributed by atoms with Crippen molar-refractivity contribution < 1.29 is 0 Å². The molecule has 5 aromatic rings. The fraction of sp³-hybridized carbons (Fsp3) is 0. The molecule has 1 aromatic heterocycles. The van der Waals surface area contributed by atoms with Crippen LogP contribution in [0.4, 0.5) is 22.7 Å². The standard InChI is InChI=1S/C24H19N3/c1-3-7-17(8-4-1)25-19-11-13-23-21(15-19)22-16-20(12-14-24(22)27-23)26-18-9-5-2-6-10-18/h1-16,25-27H. The molecule has 0 radical (unpaired) electrons. The second-order valence-corrected chi connectivity index (χ2v) is 6.63. The number of anilines is 4. The van der Waals surface area contributed by atoms with Crippen LogP contribution in [0, 0.1) is 0 Å². The molecule has 0 fully saturated rings. The SMILES string of the molecule is c1ccc(Nc2ccc3[nH]c4ccc(Nc5ccccc5)cc4c3c2)cc1. The summed E-state index contributed by atoms with van der Waals surface area (Å²) >= 11 is 0. The maximum absolute atomic E-state index is 3.50. The van der Waals surface area contributed by atoms with E-state index in [9.17, 15) is 0 Å². The van der Waals surface area contributed by atoms with E-state index in [1.165, 1.54) is 10.8 Å². The lowest BCUT2D eigenvalue weighted by atomic mass is 10.1. The molecule has 0 saturated heterocycles. The van der Waals surface area contributed by atoms with E-state index >= 15 is 0 Å². The van der Waals surface area contributed by atoms with Crippen LogP contribution >= 0.6 is 0 Å². The first kappa shape index (κ1) is 15.5. The Hall–Kier alpha value is -3.72. The topological polar surface area (TPSA) is 39.9 Å². The highest BCUT2D eigenvalue weighted by Gasteiger charge is 2.07. The summed E-state index contributed by atoms with van der Waals surface area (Å²) in [5.41, 5.74) is 6.61. The molecule has 1 heterocycles. The van der Waals surface area contributed by atoms with Crippen molar-refractivity contribution in [3.8, 4) is 0 Å². The lowest BCUT2D eigenvalue weighted by molar-refractivity contribution is 1.52. The van der Waals surface area contributed by atoms with Gasteiger partial charge in [-0.1, -0.05) is 36.4 Å². The summed E-state index contributed by atoms with van der Waals surface area (Å²) in [4.78, 5) is 3.50. The van der Waals surface area contributed by atoms with Crippen molar-refractivity contribution >= 4 is 44.6 Å². The van der Waals surface area contributed by atoms with Gasteiger partial charge in [0.15, 0.2) is 0 Å². The first-order chi connectivity index (χ1) is 13.3. The highest BCUT2D eigenvalue weighted by atomic mass is 14.9. The summed E-state index contributed by atoms with van der Waals surface area (Å²) in [6.07, 6.45) is 0. The van der Waals surface area contributed by atoms with Crippen LogP contribution in [-0.2, 0) is 0 Å². The Morgan fingerprint density at radius 3 is 1.33 bits per heavy atom. The Bertz CT molecular complexity index is 1110. The van der Waals surface area contributed by atoms with Gasteiger partial charge in [0.1, 0.15) is 0 Å². The molecule has 4 aromatic carbocycles. The smallest absolute Gasteiger partial charge is 0.0466 e. The second kappa shape index (κ2) is 6.54. The zero-order valence-corrected chi connectivity index (χ0v) is 14.7. The van der Waals surface area contributed by atoms with Gasteiger partial charge < -0.3 is 15.6 Å². The van der Waals surface area contributed by atoms with Crippen LogP contribution in [-0.4, -0.2) is 4.98 Å². The van der Waals surface area contributed by atoms with E-state index in [-0.39, 0.29) is 0 Å². The highest BCUT2D eigenvalue weighted by molar-refractivity contribution is 6.09. The number of hydrogen-bond donors (Lipinski definition) is 3. The molecule has 0 bridgehead atoms. The summed E-state index contributed by atoms with van der Waals surface area (Å²) in [5, 5.41) is 9.37. The maximum Gasteiger partial charge on any atom is 0.0466 e. The van der Waals surface area contributed by atoms with Gasteiger partial charge in [0.05, 0.1) is 0 Å². The molecular formula is C24H19N3. The van der Waals surface area contributed by atoms with Gasteiger partial charge in [-0.25, -0.2) is 0 Å². The average molecular weight is 349 g/mol. The molecule has 0 unspecified atom stereocenters. The van der Waals surface area contributed by atoms with E-state index in [0.717, 1.165) is 33.8 Å². The molecule has 3 heteroatoms. The zero-order chi connectivity index (χ0) is 18.1. The lowest BCUT2D eigenvalue weighted by Crippen LogP contribution is -1.89. The summed E-state index contributed by atoms with van der Waals surface area (Å²) in [7, 11) is 0.